The standard InChI is InChI=1S/C30H29N5O2/c1-35-13-12-21-8-10-27(16-25(21)19-35)34-30(37)23-6-2-4-20(14-23)17-33-29(36)24-9-11-28(32-18-24)22-5-3-7-26(31)15-22/h2-11,14-16,18H,12-13,17,19,31H2,1H3,(H,33,36)(H,34,37). The monoisotopic (exact) mass is 491 g/mol. The van der Waals surface area contributed by atoms with Crippen LogP contribution in [-0.4, -0.2) is 35.3 Å². The van der Waals surface area contributed by atoms with Crippen molar-refractivity contribution in [2.45, 2.75) is 19.5 Å². The minimum Gasteiger partial charge on any atom is -0.399 e. The number of nitrogens with zero attached hydrogens (tertiary/aromatic N) is 2. The molecular weight excluding hydrogens is 462 g/mol. The van der Waals surface area contributed by atoms with E-state index in [2.05, 4.69) is 39.7 Å². The molecule has 0 aliphatic carbocycles. The third-order valence-electron chi connectivity index (χ3n) is 6.52. The number of hydrogen-bond acceptors (Lipinski definition) is 5. The predicted molar refractivity (Wildman–Crippen MR) is 146 cm³/mol. The van der Waals surface area contributed by atoms with Gasteiger partial charge in [0.05, 0.1) is 11.3 Å². The molecule has 7 nitrogen and oxygen atoms in total. The van der Waals surface area contributed by atoms with Gasteiger partial charge < -0.3 is 21.3 Å². The Morgan fingerprint density at radius 3 is 2.59 bits per heavy atom. The maximum absolute atomic E-state index is 12.9. The van der Waals surface area contributed by atoms with Gasteiger partial charge in [-0.3, -0.25) is 14.6 Å². The number of rotatable bonds is 6. The quantitative estimate of drug-likeness (QED) is 0.345. The van der Waals surface area contributed by atoms with Crippen LogP contribution in [0, 0.1) is 0 Å². The van der Waals surface area contributed by atoms with Gasteiger partial charge in [-0.1, -0.05) is 30.3 Å². The first-order valence-corrected chi connectivity index (χ1v) is 12.3. The third kappa shape index (κ3) is 5.85. The molecule has 1 aromatic heterocycles. The maximum atomic E-state index is 12.9. The van der Waals surface area contributed by atoms with Crippen LogP contribution in [0.25, 0.3) is 11.3 Å². The number of fused-ring (bicyclic) bond motifs is 1. The fourth-order valence-electron chi connectivity index (χ4n) is 4.48. The van der Waals surface area contributed by atoms with Gasteiger partial charge in [0.15, 0.2) is 0 Å². The number of nitrogen functional groups attached to an aromatic ring is 1. The Balaban J connectivity index is 1.20. The first kappa shape index (κ1) is 24.2. The van der Waals surface area contributed by atoms with Gasteiger partial charge in [0.1, 0.15) is 0 Å². The van der Waals surface area contributed by atoms with Crippen LogP contribution >= 0.6 is 0 Å². The number of nitrogens with two attached hydrogens (primary N) is 1. The van der Waals surface area contributed by atoms with Crippen molar-refractivity contribution in [2.24, 2.45) is 0 Å². The highest BCUT2D eigenvalue weighted by Crippen LogP contribution is 2.23. The molecule has 37 heavy (non-hydrogen) atoms. The summed E-state index contributed by atoms with van der Waals surface area (Å²) in [6.07, 6.45) is 2.57. The molecule has 0 saturated heterocycles. The smallest absolute Gasteiger partial charge is 0.255 e. The number of hydrogen-bond donors (Lipinski definition) is 3. The second-order valence-corrected chi connectivity index (χ2v) is 9.37. The summed E-state index contributed by atoms with van der Waals surface area (Å²) in [5, 5.41) is 5.90. The van der Waals surface area contributed by atoms with E-state index in [0.717, 1.165) is 42.0 Å². The normalized spacial score (nSPS) is 13.0. The van der Waals surface area contributed by atoms with Crippen LogP contribution in [-0.2, 0) is 19.5 Å². The van der Waals surface area contributed by atoms with Crippen LogP contribution in [0.2, 0.25) is 0 Å². The van der Waals surface area contributed by atoms with Crippen LogP contribution in [0.5, 0.6) is 0 Å². The van der Waals surface area contributed by atoms with Crippen molar-refractivity contribution < 1.29 is 9.59 Å². The Hall–Kier alpha value is -4.49. The van der Waals surface area contributed by atoms with Gasteiger partial charge in [-0.05, 0) is 78.7 Å². The molecule has 0 unspecified atom stereocenters. The lowest BCUT2D eigenvalue weighted by Gasteiger charge is -2.25. The Bertz CT molecular complexity index is 1450. The van der Waals surface area contributed by atoms with Crippen LogP contribution in [0.3, 0.4) is 0 Å². The van der Waals surface area contributed by atoms with Gasteiger partial charge in [-0.2, -0.15) is 0 Å². The predicted octanol–water partition coefficient (Wildman–Crippen LogP) is 4.50. The molecule has 3 aromatic carbocycles. The Morgan fingerprint density at radius 2 is 1.78 bits per heavy atom. The minimum atomic E-state index is -0.236. The lowest BCUT2D eigenvalue weighted by molar-refractivity contribution is 0.0950. The molecule has 4 aromatic rings. The molecular formula is C30H29N5O2. The first-order valence-electron chi connectivity index (χ1n) is 12.3. The molecule has 2 heterocycles. The van der Waals surface area contributed by atoms with Crippen LogP contribution in [0.1, 0.15) is 37.4 Å². The lowest BCUT2D eigenvalue weighted by atomic mass is 9.99. The molecule has 0 bridgehead atoms. The van der Waals surface area contributed by atoms with Gasteiger partial charge in [0.2, 0.25) is 0 Å². The topological polar surface area (TPSA) is 100 Å². The molecule has 1 aliphatic rings. The molecule has 0 atom stereocenters. The summed E-state index contributed by atoms with van der Waals surface area (Å²) >= 11 is 0. The van der Waals surface area contributed by atoms with Gasteiger partial charge in [0, 0.05) is 48.3 Å². The highest BCUT2D eigenvalue weighted by Gasteiger charge is 2.15. The summed E-state index contributed by atoms with van der Waals surface area (Å²) in [4.78, 5) is 32.2. The van der Waals surface area contributed by atoms with Crippen molar-refractivity contribution >= 4 is 23.2 Å². The van der Waals surface area contributed by atoms with E-state index in [0.29, 0.717) is 23.4 Å². The fourth-order valence-corrected chi connectivity index (χ4v) is 4.48. The number of pyridine rings is 1. The molecule has 186 valence electrons. The molecule has 0 spiro atoms. The van der Waals surface area contributed by atoms with Crippen molar-refractivity contribution in [1.82, 2.24) is 15.2 Å². The summed E-state index contributed by atoms with van der Waals surface area (Å²) in [6.45, 7) is 2.22. The second-order valence-electron chi connectivity index (χ2n) is 9.37. The highest BCUT2D eigenvalue weighted by molar-refractivity contribution is 6.04. The highest BCUT2D eigenvalue weighted by atomic mass is 16.2. The summed E-state index contributed by atoms with van der Waals surface area (Å²) in [7, 11) is 2.10. The third-order valence-corrected chi connectivity index (χ3v) is 6.52. The van der Waals surface area contributed by atoms with Crippen molar-refractivity contribution in [3.05, 3.63) is 113 Å². The van der Waals surface area contributed by atoms with E-state index >= 15 is 0 Å². The summed E-state index contributed by atoms with van der Waals surface area (Å²) in [5.41, 5.74) is 13.3. The van der Waals surface area contributed by atoms with Gasteiger partial charge in [-0.25, -0.2) is 0 Å². The van der Waals surface area contributed by atoms with E-state index in [9.17, 15) is 9.59 Å². The van der Waals surface area contributed by atoms with E-state index in [4.69, 9.17) is 5.73 Å². The van der Waals surface area contributed by atoms with Crippen LogP contribution < -0.4 is 16.4 Å². The molecule has 1 aliphatic heterocycles. The first-order chi connectivity index (χ1) is 17.9. The van der Waals surface area contributed by atoms with E-state index in [-0.39, 0.29) is 11.8 Å². The van der Waals surface area contributed by atoms with E-state index in [1.165, 1.54) is 11.1 Å². The fraction of sp³-hybridized carbons (Fsp3) is 0.167. The van der Waals surface area contributed by atoms with Gasteiger partial charge >= 0.3 is 0 Å². The minimum absolute atomic E-state index is 0.182. The zero-order valence-electron chi connectivity index (χ0n) is 20.7. The summed E-state index contributed by atoms with van der Waals surface area (Å²) < 4.78 is 0. The number of nitrogens with one attached hydrogen (secondary N) is 2. The second kappa shape index (κ2) is 10.6. The molecule has 4 N–H and O–H groups in total. The van der Waals surface area contributed by atoms with E-state index in [1.54, 1.807) is 30.5 Å². The molecule has 0 radical (unpaired) electrons. The number of amides is 2. The average Bonchev–Trinajstić information content (AvgIpc) is 2.92. The van der Waals surface area contributed by atoms with Gasteiger partial charge in [0.25, 0.3) is 11.8 Å². The average molecular weight is 492 g/mol. The zero-order valence-corrected chi connectivity index (χ0v) is 20.7. The Morgan fingerprint density at radius 1 is 0.919 bits per heavy atom. The number of likely N-dealkylation sites (N-methyl/N-ethyl adjacent to an activating group) is 1. The molecule has 0 fully saturated rings. The molecule has 5 rings (SSSR count). The number of aromatic nitrogens is 1. The van der Waals surface area contributed by atoms with Crippen molar-refractivity contribution in [3.63, 3.8) is 0 Å². The summed E-state index contributed by atoms with van der Waals surface area (Å²) in [5.74, 6) is -0.417. The van der Waals surface area contributed by atoms with Gasteiger partial charge in [-0.15, -0.1) is 0 Å². The molecule has 2 amide bonds. The maximum Gasteiger partial charge on any atom is 0.255 e. The molecule has 7 heteroatoms. The van der Waals surface area contributed by atoms with Crippen molar-refractivity contribution in [1.29, 1.82) is 0 Å². The number of anilines is 2. The molecule has 0 saturated carbocycles. The largest absolute Gasteiger partial charge is 0.399 e. The van der Waals surface area contributed by atoms with Crippen LogP contribution in [0.15, 0.2) is 85.1 Å². The van der Waals surface area contributed by atoms with Crippen LogP contribution in [0.4, 0.5) is 11.4 Å². The van der Waals surface area contributed by atoms with E-state index in [1.807, 2.05) is 42.5 Å². The Kier molecular flexibility index (Phi) is 6.96. The van der Waals surface area contributed by atoms with E-state index < -0.39 is 0 Å². The van der Waals surface area contributed by atoms with Crippen molar-refractivity contribution in [2.75, 3.05) is 24.6 Å². The lowest BCUT2D eigenvalue weighted by Crippen LogP contribution is -2.26. The number of benzene rings is 3. The number of carbonyl (C=O) groups is 2. The SMILES string of the molecule is CN1CCc2ccc(NC(=O)c3cccc(CNC(=O)c4ccc(-c5cccc(N)c5)nc4)c3)cc2C1. The van der Waals surface area contributed by atoms with Crippen molar-refractivity contribution in [3.8, 4) is 11.3 Å². The Labute approximate surface area is 216 Å². The summed E-state index contributed by atoms with van der Waals surface area (Å²) in [6, 6.07) is 24.4. The number of carbonyl (C=O) groups excluding carboxylic acids is 2. The zero-order chi connectivity index (χ0) is 25.8.